The van der Waals surface area contributed by atoms with E-state index in [4.69, 9.17) is 0 Å². The van der Waals surface area contributed by atoms with Gasteiger partial charge >= 0.3 is 0 Å². The average molecular weight is 585 g/mol. The first kappa shape index (κ1) is 26.2. The molecule has 2 N–H and O–H groups in total. The van der Waals surface area contributed by atoms with Crippen molar-refractivity contribution in [2.24, 2.45) is 0 Å². The fourth-order valence-electron chi connectivity index (χ4n) is 6.92. The molecule has 5 aromatic carbocycles. The van der Waals surface area contributed by atoms with E-state index in [9.17, 15) is 15.8 Å². The van der Waals surface area contributed by atoms with Crippen molar-refractivity contribution >= 4 is 53.3 Å². The van der Waals surface area contributed by atoms with Gasteiger partial charge in [0, 0.05) is 55.5 Å². The number of thiophene rings is 1. The highest BCUT2D eigenvalue weighted by atomic mass is 32.1. The Hall–Kier alpha value is -5.49. The van der Waals surface area contributed by atoms with Crippen LogP contribution in [-0.4, -0.2) is 17.7 Å². The van der Waals surface area contributed by atoms with Gasteiger partial charge in [-0.15, -0.1) is 11.3 Å². The Bertz CT molecular complexity index is 2320. The van der Waals surface area contributed by atoms with Crippen molar-refractivity contribution in [3.05, 3.63) is 125 Å². The van der Waals surface area contributed by atoms with E-state index in [1.54, 1.807) is 23.5 Å². The first-order chi connectivity index (χ1) is 21.7. The van der Waals surface area contributed by atoms with Gasteiger partial charge in [0.05, 0.1) is 57.8 Å². The fraction of sp³-hybridized carbons (Fsp3) is 0.108. The molecule has 0 bridgehead atoms. The second-order valence-corrected chi connectivity index (χ2v) is 12.2. The van der Waals surface area contributed by atoms with Gasteiger partial charge in [0.1, 0.15) is 0 Å². The van der Waals surface area contributed by atoms with Crippen molar-refractivity contribution in [3.8, 4) is 23.9 Å². The van der Waals surface area contributed by atoms with E-state index in [0.29, 0.717) is 35.3 Å². The van der Waals surface area contributed by atoms with Gasteiger partial charge in [0.15, 0.2) is 0 Å². The molecule has 0 spiro atoms. The lowest BCUT2D eigenvalue weighted by Crippen LogP contribution is -2.46. The zero-order valence-electron chi connectivity index (χ0n) is 23.5. The Morgan fingerprint density at radius 3 is 1.84 bits per heavy atom. The second-order valence-electron chi connectivity index (χ2n) is 11.1. The highest BCUT2D eigenvalue weighted by Gasteiger charge is 2.30. The van der Waals surface area contributed by atoms with Gasteiger partial charge in [-0.3, -0.25) is 10.6 Å². The van der Waals surface area contributed by atoms with Gasteiger partial charge in [0.25, 0.3) is 0 Å². The molecular weight excluding hydrogens is 561 g/mol. The number of aromatic nitrogens is 1. The van der Waals surface area contributed by atoms with Crippen LogP contribution in [0.4, 0.5) is 0 Å². The van der Waals surface area contributed by atoms with Gasteiger partial charge in [-0.1, -0.05) is 54.6 Å². The number of fused-ring (bicyclic) bond motifs is 6. The Balaban J connectivity index is 1.32. The van der Waals surface area contributed by atoms with Gasteiger partial charge in [-0.05, 0) is 48.0 Å². The molecule has 0 unspecified atom stereocenters. The van der Waals surface area contributed by atoms with Gasteiger partial charge in [-0.25, -0.2) is 0 Å². The molecule has 0 radical (unpaired) electrons. The molecule has 0 saturated carbocycles. The first-order valence-electron chi connectivity index (χ1n) is 14.5. The SMILES string of the molecule is N#Cc1cc(C#N)c(C2CNC(c3c(-n4c5ccccc5c5ccccc54)ccc4sc5ccccc5c34)NC2)c(C#N)c1. The number of nitrogens with one attached hydrogen (secondary N) is 2. The van der Waals surface area contributed by atoms with Crippen LogP contribution in [0.1, 0.15) is 39.9 Å². The molecular formula is C37H24N6S. The molecule has 0 atom stereocenters. The minimum absolute atomic E-state index is 0.113. The number of hydrogen-bond acceptors (Lipinski definition) is 6. The summed E-state index contributed by atoms with van der Waals surface area (Å²) < 4.78 is 4.84. The minimum atomic E-state index is -0.183. The molecule has 7 aromatic rings. The predicted molar refractivity (Wildman–Crippen MR) is 176 cm³/mol. The van der Waals surface area contributed by atoms with E-state index in [2.05, 4.69) is 118 Å². The molecule has 1 aliphatic heterocycles. The van der Waals surface area contributed by atoms with Crippen LogP contribution in [0.5, 0.6) is 0 Å². The topological polar surface area (TPSA) is 100 Å². The van der Waals surface area contributed by atoms with Crippen LogP contribution < -0.4 is 10.6 Å². The first-order valence-corrected chi connectivity index (χ1v) is 15.3. The number of nitriles is 3. The quantitative estimate of drug-likeness (QED) is 0.221. The van der Waals surface area contributed by atoms with E-state index in [1.807, 2.05) is 0 Å². The Kier molecular flexibility index (Phi) is 6.15. The Morgan fingerprint density at radius 2 is 1.23 bits per heavy atom. The lowest BCUT2D eigenvalue weighted by molar-refractivity contribution is 0.349. The molecule has 1 fully saturated rings. The third kappa shape index (κ3) is 3.91. The normalized spacial score (nSPS) is 16.7. The number of para-hydroxylation sites is 2. The molecule has 1 saturated heterocycles. The van der Waals surface area contributed by atoms with Crippen molar-refractivity contribution < 1.29 is 0 Å². The second kappa shape index (κ2) is 10.3. The zero-order valence-corrected chi connectivity index (χ0v) is 24.3. The third-order valence-electron chi connectivity index (χ3n) is 8.77. The fourth-order valence-corrected chi connectivity index (χ4v) is 8.04. The van der Waals surface area contributed by atoms with E-state index in [-0.39, 0.29) is 12.1 Å². The van der Waals surface area contributed by atoms with Gasteiger partial charge in [0.2, 0.25) is 0 Å². The summed E-state index contributed by atoms with van der Waals surface area (Å²) in [4.78, 5) is 0. The van der Waals surface area contributed by atoms with Crippen LogP contribution in [-0.2, 0) is 0 Å². The van der Waals surface area contributed by atoms with Crippen LogP contribution in [0, 0.1) is 34.0 Å². The van der Waals surface area contributed by atoms with Gasteiger partial charge in [-0.2, -0.15) is 15.8 Å². The van der Waals surface area contributed by atoms with Crippen LogP contribution in [0.25, 0.3) is 47.7 Å². The van der Waals surface area contributed by atoms with Crippen LogP contribution in [0.3, 0.4) is 0 Å². The lowest BCUT2D eigenvalue weighted by Gasteiger charge is -2.34. The van der Waals surface area contributed by atoms with Gasteiger partial charge < -0.3 is 4.57 Å². The summed E-state index contributed by atoms with van der Waals surface area (Å²) in [5, 5.41) is 41.6. The maximum atomic E-state index is 9.92. The van der Waals surface area contributed by atoms with Crippen molar-refractivity contribution in [2.45, 2.75) is 12.1 Å². The number of rotatable bonds is 3. The lowest BCUT2D eigenvalue weighted by atomic mass is 9.87. The molecule has 6 nitrogen and oxygen atoms in total. The Labute approximate surface area is 257 Å². The molecule has 3 heterocycles. The standard InChI is InChI=1S/C37H24N6S/c38-17-22-15-23(18-39)34(24(16-22)19-40)25-20-41-37(42-21-25)36-31(13-14-33-35(36)28-9-3-6-12-32(28)44-33)43-29-10-4-1-7-26(29)27-8-2-5-11-30(27)43/h1-16,25,37,41-42H,20-21H2. The summed E-state index contributed by atoms with van der Waals surface area (Å²) >= 11 is 1.80. The third-order valence-corrected chi connectivity index (χ3v) is 9.90. The summed E-state index contributed by atoms with van der Waals surface area (Å²) in [5.74, 6) is -0.113. The number of benzene rings is 5. The zero-order chi connectivity index (χ0) is 29.8. The van der Waals surface area contributed by atoms with E-state index >= 15 is 0 Å². The number of hydrogen-bond donors (Lipinski definition) is 2. The highest BCUT2D eigenvalue weighted by Crippen LogP contribution is 2.43. The molecule has 7 heteroatoms. The Morgan fingerprint density at radius 1 is 0.636 bits per heavy atom. The summed E-state index contributed by atoms with van der Waals surface area (Å²) in [6.07, 6.45) is -0.183. The molecule has 0 amide bonds. The van der Waals surface area contributed by atoms with Crippen molar-refractivity contribution in [1.29, 1.82) is 15.8 Å². The summed E-state index contributed by atoms with van der Waals surface area (Å²) in [7, 11) is 0. The summed E-state index contributed by atoms with van der Waals surface area (Å²) in [5.41, 5.74) is 6.35. The van der Waals surface area contributed by atoms with E-state index < -0.39 is 0 Å². The van der Waals surface area contributed by atoms with Crippen molar-refractivity contribution in [2.75, 3.05) is 13.1 Å². The highest BCUT2D eigenvalue weighted by molar-refractivity contribution is 7.25. The van der Waals surface area contributed by atoms with E-state index in [1.165, 1.54) is 36.5 Å². The molecule has 208 valence electrons. The average Bonchev–Trinajstić information content (AvgIpc) is 3.63. The molecule has 8 rings (SSSR count). The largest absolute Gasteiger partial charge is 0.309 e. The molecule has 0 aliphatic carbocycles. The summed E-state index contributed by atoms with van der Waals surface area (Å²) in [6, 6.07) is 39.9. The molecule has 1 aliphatic rings. The maximum absolute atomic E-state index is 9.92. The minimum Gasteiger partial charge on any atom is -0.309 e. The van der Waals surface area contributed by atoms with Crippen LogP contribution in [0.2, 0.25) is 0 Å². The molecule has 44 heavy (non-hydrogen) atoms. The smallest absolute Gasteiger partial charge is 0.0995 e. The van der Waals surface area contributed by atoms with Crippen molar-refractivity contribution in [1.82, 2.24) is 15.2 Å². The van der Waals surface area contributed by atoms with Crippen LogP contribution >= 0.6 is 11.3 Å². The number of nitrogens with zero attached hydrogens (tertiary/aromatic N) is 4. The predicted octanol–water partition coefficient (Wildman–Crippen LogP) is 7.74. The van der Waals surface area contributed by atoms with Crippen LogP contribution in [0.15, 0.2) is 97.1 Å². The van der Waals surface area contributed by atoms with Crippen molar-refractivity contribution in [3.63, 3.8) is 0 Å². The van der Waals surface area contributed by atoms with E-state index in [0.717, 1.165) is 16.7 Å². The summed E-state index contributed by atoms with van der Waals surface area (Å²) in [6.45, 7) is 1.13. The monoisotopic (exact) mass is 584 g/mol. The molecule has 2 aromatic heterocycles. The maximum Gasteiger partial charge on any atom is 0.0995 e.